The zero-order chi connectivity index (χ0) is 21.0. The van der Waals surface area contributed by atoms with E-state index in [9.17, 15) is 13.6 Å². The van der Waals surface area contributed by atoms with Gasteiger partial charge in [-0.1, -0.05) is 17.7 Å². The molecular weight excluding hydrogens is 412 g/mol. The number of benzene rings is 1. The predicted octanol–water partition coefficient (Wildman–Crippen LogP) is 4.57. The highest BCUT2D eigenvalue weighted by Gasteiger charge is 2.46. The highest BCUT2D eigenvalue weighted by atomic mass is 35.5. The lowest BCUT2D eigenvalue weighted by molar-refractivity contribution is 0.0554. The summed E-state index contributed by atoms with van der Waals surface area (Å²) in [4.78, 5) is 23.2. The Morgan fingerprint density at radius 3 is 2.77 bits per heavy atom. The van der Waals surface area contributed by atoms with Gasteiger partial charge in [0.15, 0.2) is 0 Å². The zero-order valence-electron chi connectivity index (χ0n) is 16.3. The van der Waals surface area contributed by atoms with Crippen molar-refractivity contribution in [3.8, 4) is 0 Å². The summed E-state index contributed by atoms with van der Waals surface area (Å²) in [6, 6.07) is 6.83. The minimum atomic E-state index is -2.70. The third-order valence-electron chi connectivity index (χ3n) is 6.38. The number of alkyl halides is 2. The van der Waals surface area contributed by atoms with Crippen LogP contribution in [0.15, 0.2) is 30.6 Å². The molecule has 5 rings (SSSR count). The van der Waals surface area contributed by atoms with Gasteiger partial charge in [0.25, 0.3) is 18.1 Å². The van der Waals surface area contributed by atoms with Crippen LogP contribution in [-0.4, -0.2) is 42.5 Å². The van der Waals surface area contributed by atoms with E-state index < -0.39 is 6.43 Å². The quantitative estimate of drug-likeness (QED) is 0.609. The minimum absolute atomic E-state index is 0.0629. The van der Waals surface area contributed by atoms with Crippen LogP contribution >= 0.6 is 11.6 Å². The second-order valence-electron chi connectivity index (χ2n) is 8.04. The molecule has 1 aromatic carbocycles. The Kier molecular flexibility index (Phi) is 4.69. The van der Waals surface area contributed by atoms with Crippen molar-refractivity contribution in [2.24, 2.45) is 0 Å². The second kappa shape index (κ2) is 7.27. The fourth-order valence-electron chi connectivity index (χ4n) is 4.92. The first-order valence-electron chi connectivity index (χ1n) is 10.0. The van der Waals surface area contributed by atoms with Crippen LogP contribution < -0.4 is 0 Å². The van der Waals surface area contributed by atoms with Gasteiger partial charge >= 0.3 is 0 Å². The predicted molar refractivity (Wildman–Crippen MR) is 107 cm³/mol. The first kappa shape index (κ1) is 19.4. The molecule has 2 saturated heterocycles. The monoisotopic (exact) mass is 431 g/mol. The molecule has 2 aromatic heterocycles. The van der Waals surface area contributed by atoms with E-state index in [0.717, 1.165) is 31.2 Å². The molecule has 0 spiro atoms. The van der Waals surface area contributed by atoms with E-state index in [1.54, 1.807) is 12.1 Å². The van der Waals surface area contributed by atoms with Crippen molar-refractivity contribution in [1.29, 1.82) is 0 Å². The molecule has 1 amide bonds. The fourth-order valence-corrected chi connectivity index (χ4v) is 5.10. The van der Waals surface area contributed by atoms with E-state index in [2.05, 4.69) is 15.1 Å². The Bertz CT molecular complexity index is 1130. The van der Waals surface area contributed by atoms with Gasteiger partial charge in [0.1, 0.15) is 12.0 Å². The SMILES string of the molecule is Cc1ccc(C(=O)N2[C@H]3CC[C@H](c4cc(C(F)F)nc5ncnn45)[C@@H]2CC3)cc1Cl. The number of fused-ring (bicyclic) bond motifs is 3. The number of carbonyl (C=O) groups is 1. The average Bonchev–Trinajstić information content (AvgIpc) is 3.32. The minimum Gasteiger partial charge on any atom is -0.332 e. The summed E-state index contributed by atoms with van der Waals surface area (Å²) in [5.74, 6) is -0.0171. The van der Waals surface area contributed by atoms with E-state index in [1.807, 2.05) is 17.9 Å². The molecule has 3 aromatic rings. The normalized spacial score (nSPS) is 23.5. The molecule has 0 aliphatic carbocycles. The third-order valence-corrected chi connectivity index (χ3v) is 6.78. The van der Waals surface area contributed by atoms with Gasteiger partial charge in [0, 0.05) is 28.6 Å². The van der Waals surface area contributed by atoms with Gasteiger partial charge < -0.3 is 4.90 Å². The van der Waals surface area contributed by atoms with Crippen LogP contribution in [0.5, 0.6) is 0 Å². The van der Waals surface area contributed by atoms with Gasteiger partial charge in [0.2, 0.25) is 0 Å². The summed E-state index contributed by atoms with van der Waals surface area (Å²) in [7, 11) is 0. The standard InChI is InChI=1S/C21H20ClF2N5O/c1-11-2-3-12(8-15(11)22)20(30)28-13-4-6-14(17(28)7-5-13)18-9-16(19(23)24)27-21-25-10-26-29(18)21/h2-3,8-10,13-14,17,19H,4-7H2,1H3/t13-,14-,17-/m0/s1. The Balaban J connectivity index is 1.54. The van der Waals surface area contributed by atoms with Crippen molar-refractivity contribution in [3.63, 3.8) is 0 Å². The summed E-state index contributed by atoms with van der Waals surface area (Å²) in [5.41, 5.74) is 1.79. The van der Waals surface area contributed by atoms with Crippen LogP contribution in [-0.2, 0) is 0 Å². The maximum Gasteiger partial charge on any atom is 0.280 e. The van der Waals surface area contributed by atoms with Crippen LogP contribution in [0, 0.1) is 6.92 Å². The average molecular weight is 432 g/mol. The number of rotatable bonds is 3. The van der Waals surface area contributed by atoms with E-state index >= 15 is 0 Å². The number of hydrogen-bond donors (Lipinski definition) is 0. The highest BCUT2D eigenvalue weighted by molar-refractivity contribution is 6.31. The molecule has 6 nitrogen and oxygen atoms in total. The van der Waals surface area contributed by atoms with E-state index in [1.165, 1.54) is 16.9 Å². The van der Waals surface area contributed by atoms with Crippen molar-refractivity contribution in [2.75, 3.05) is 0 Å². The molecule has 0 N–H and O–H groups in total. The van der Waals surface area contributed by atoms with Gasteiger partial charge in [-0.2, -0.15) is 10.1 Å². The number of piperidine rings is 1. The van der Waals surface area contributed by atoms with Crippen LogP contribution in [0.3, 0.4) is 0 Å². The number of carbonyl (C=O) groups excluding carboxylic acids is 1. The Hall–Kier alpha value is -2.61. The molecule has 0 radical (unpaired) electrons. The maximum absolute atomic E-state index is 13.4. The number of aryl methyl sites for hydroxylation is 1. The number of nitrogens with zero attached hydrogens (tertiary/aromatic N) is 5. The molecule has 4 heterocycles. The van der Waals surface area contributed by atoms with E-state index in [0.29, 0.717) is 16.3 Å². The summed E-state index contributed by atoms with van der Waals surface area (Å²) in [6.07, 6.45) is 1.96. The molecular formula is C21H20ClF2N5O. The molecule has 2 aliphatic rings. The van der Waals surface area contributed by atoms with E-state index in [-0.39, 0.29) is 35.4 Å². The number of hydrogen-bond acceptors (Lipinski definition) is 4. The topological polar surface area (TPSA) is 63.4 Å². The summed E-state index contributed by atoms with van der Waals surface area (Å²) < 4.78 is 28.4. The van der Waals surface area contributed by atoms with Crippen LogP contribution in [0.1, 0.15) is 65.3 Å². The molecule has 30 heavy (non-hydrogen) atoms. The summed E-state index contributed by atoms with van der Waals surface area (Å²) in [6.45, 7) is 1.89. The highest BCUT2D eigenvalue weighted by Crippen LogP contribution is 2.45. The first-order chi connectivity index (χ1) is 14.4. The van der Waals surface area contributed by atoms with Gasteiger partial charge in [-0.25, -0.2) is 18.3 Å². The maximum atomic E-state index is 13.4. The molecule has 2 aliphatic heterocycles. The van der Waals surface area contributed by atoms with Crippen molar-refractivity contribution in [2.45, 2.75) is 57.0 Å². The van der Waals surface area contributed by atoms with Crippen molar-refractivity contribution < 1.29 is 13.6 Å². The second-order valence-corrected chi connectivity index (χ2v) is 8.44. The van der Waals surface area contributed by atoms with Gasteiger partial charge in [-0.15, -0.1) is 0 Å². The molecule has 0 unspecified atom stereocenters. The third kappa shape index (κ3) is 3.05. The largest absolute Gasteiger partial charge is 0.332 e. The lowest BCUT2D eigenvalue weighted by Crippen LogP contribution is -2.47. The molecule has 156 valence electrons. The first-order valence-corrected chi connectivity index (χ1v) is 10.4. The molecule has 9 heteroatoms. The number of amides is 1. The van der Waals surface area contributed by atoms with Crippen LogP contribution in [0.25, 0.3) is 5.78 Å². The summed E-state index contributed by atoms with van der Waals surface area (Å²) >= 11 is 6.24. The van der Waals surface area contributed by atoms with Crippen molar-refractivity contribution in [3.05, 3.63) is 58.1 Å². The molecule has 2 bridgehead atoms. The molecule has 3 atom stereocenters. The Morgan fingerprint density at radius 1 is 1.20 bits per heavy atom. The van der Waals surface area contributed by atoms with Crippen molar-refractivity contribution in [1.82, 2.24) is 24.5 Å². The van der Waals surface area contributed by atoms with Crippen molar-refractivity contribution >= 4 is 23.3 Å². The number of halogens is 3. The zero-order valence-corrected chi connectivity index (χ0v) is 17.1. The van der Waals surface area contributed by atoms with Gasteiger partial charge in [-0.3, -0.25) is 4.79 Å². The lowest BCUT2D eigenvalue weighted by Gasteiger charge is -2.40. The Labute approximate surface area is 176 Å². The van der Waals surface area contributed by atoms with Crippen LogP contribution in [0.4, 0.5) is 8.78 Å². The van der Waals surface area contributed by atoms with Gasteiger partial charge in [0.05, 0.1) is 5.69 Å². The molecule has 0 saturated carbocycles. The summed E-state index contributed by atoms with van der Waals surface area (Å²) in [5, 5.41) is 4.76. The van der Waals surface area contributed by atoms with E-state index in [4.69, 9.17) is 11.6 Å². The Morgan fingerprint density at radius 2 is 2.00 bits per heavy atom. The smallest absolute Gasteiger partial charge is 0.280 e. The van der Waals surface area contributed by atoms with Crippen LogP contribution in [0.2, 0.25) is 5.02 Å². The van der Waals surface area contributed by atoms with Gasteiger partial charge in [-0.05, 0) is 56.4 Å². The number of aromatic nitrogens is 4. The fraction of sp³-hybridized carbons (Fsp3) is 0.429. The molecule has 2 fully saturated rings. The lowest BCUT2D eigenvalue weighted by atomic mass is 9.86.